The lowest BCUT2D eigenvalue weighted by molar-refractivity contribution is -0.120. The highest BCUT2D eigenvalue weighted by Gasteiger charge is 2.68. The first-order valence-corrected chi connectivity index (χ1v) is 17.1. The number of carbonyl (C=O) groups is 3. The molecule has 1 N–H and O–H groups in total. The molecule has 51 heavy (non-hydrogen) atoms. The Labute approximate surface area is 296 Å². The second-order valence-electron chi connectivity index (χ2n) is 15.2. The lowest BCUT2D eigenvalue weighted by Crippen LogP contribution is -2.41. The first-order chi connectivity index (χ1) is 24.1. The monoisotopic (exact) mass is 697 g/mol. The fourth-order valence-electron chi connectivity index (χ4n) is 6.97. The minimum atomic E-state index is -1.02. The van der Waals surface area contributed by atoms with E-state index in [0.29, 0.717) is 57.7 Å². The maximum absolute atomic E-state index is 14.3. The van der Waals surface area contributed by atoms with Gasteiger partial charge in [0.2, 0.25) is 11.9 Å². The molecule has 2 atom stereocenters. The molecule has 0 bridgehead atoms. The van der Waals surface area contributed by atoms with Gasteiger partial charge in [0.25, 0.3) is 0 Å². The summed E-state index contributed by atoms with van der Waals surface area (Å²) < 4.78 is 23.7. The molecule has 2 aliphatic heterocycles. The quantitative estimate of drug-likeness (QED) is 0.229. The van der Waals surface area contributed by atoms with Gasteiger partial charge in [0.1, 0.15) is 17.0 Å². The van der Waals surface area contributed by atoms with Crippen LogP contribution in [0.1, 0.15) is 77.8 Å². The van der Waals surface area contributed by atoms with Crippen LogP contribution in [0.2, 0.25) is 0 Å². The Bertz CT molecular complexity index is 2060. The number of nitrogens with one attached hydrogen (secondary N) is 1. The second kappa shape index (κ2) is 12.1. The van der Waals surface area contributed by atoms with Gasteiger partial charge in [-0.3, -0.25) is 4.79 Å². The van der Waals surface area contributed by atoms with E-state index >= 15 is 0 Å². The molecule has 0 unspecified atom stereocenters. The summed E-state index contributed by atoms with van der Waals surface area (Å²) in [7, 11) is 3.10. The summed E-state index contributed by atoms with van der Waals surface area (Å²) in [6, 6.07) is 10.9. The predicted molar refractivity (Wildman–Crippen MR) is 190 cm³/mol. The van der Waals surface area contributed by atoms with Gasteiger partial charge < -0.3 is 29.2 Å². The van der Waals surface area contributed by atoms with Gasteiger partial charge in [0.05, 0.1) is 37.0 Å². The number of fused-ring (bicyclic) bond motifs is 3. The van der Waals surface area contributed by atoms with E-state index in [1.54, 1.807) is 67.0 Å². The topological polar surface area (TPSA) is 150 Å². The van der Waals surface area contributed by atoms with Crippen molar-refractivity contribution in [1.29, 1.82) is 0 Å². The van der Waals surface area contributed by atoms with Crippen molar-refractivity contribution in [2.24, 2.45) is 0 Å². The standard InChI is InChI=1S/C37H43N7O7/c1-35(2,3)50-33(46)43-26-14-12-22(48-7)18-24(26)37(31(43)45)19-25(37)21-11-13-23-27(17-21)44(34(47)51-36(4,5)6)41-29(23)39-30-28(49-8)20-38-32(40-30)42-15-9-10-16-42/h11-14,17-18,20,25H,9-10,15-16,19H2,1-8H3,(H,38,39,40,41)/t25-,37-/m0/s1. The van der Waals surface area contributed by atoms with Gasteiger partial charge in [0.15, 0.2) is 17.4 Å². The SMILES string of the molecule is COc1ccc2c(c1)[C@]1(C[C@H]1c1ccc3c(Nc4nc(N5CCCC5)ncc4OC)nn(C(=O)OC(C)(C)C)c3c1)C(=O)N2C(=O)OC(C)(C)C. The number of anilines is 4. The Hall–Kier alpha value is -5.40. The number of nitrogens with zero attached hydrogens (tertiary/aromatic N) is 6. The molecule has 1 aliphatic carbocycles. The van der Waals surface area contributed by atoms with Crippen LogP contribution < -0.4 is 24.6 Å². The summed E-state index contributed by atoms with van der Waals surface area (Å²) in [4.78, 5) is 53.8. The Morgan fingerprint density at radius 3 is 2.27 bits per heavy atom. The van der Waals surface area contributed by atoms with Crippen molar-refractivity contribution in [3.05, 3.63) is 53.7 Å². The van der Waals surface area contributed by atoms with E-state index < -0.39 is 28.8 Å². The van der Waals surface area contributed by atoms with Crippen LogP contribution in [-0.2, 0) is 19.7 Å². The van der Waals surface area contributed by atoms with Gasteiger partial charge >= 0.3 is 12.2 Å². The maximum atomic E-state index is 14.3. The molecule has 2 amide bonds. The zero-order valence-corrected chi connectivity index (χ0v) is 30.2. The molecule has 4 aromatic rings. The number of benzene rings is 2. The van der Waals surface area contributed by atoms with Crippen LogP contribution >= 0.6 is 0 Å². The van der Waals surface area contributed by atoms with E-state index in [1.807, 2.05) is 24.3 Å². The Morgan fingerprint density at radius 1 is 0.902 bits per heavy atom. The van der Waals surface area contributed by atoms with Gasteiger partial charge in [-0.05, 0) is 102 Å². The number of carbonyl (C=O) groups excluding carboxylic acids is 3. The molecule has 4 heterocycles. The number of amides is 2. The number of aromatic nitrogens is 4. The van der Waals surface area contributed by atoms with Gasteiger partial charge in [-0.15, -0.1) is 5.10 Å². The number of hydrogen-bond acceptors (Lipinski definition) is 12. The normalized spacial score (nSPS) is 19.8. The zero-order valence-electron chi connectivity index (χ0n) is 30.2. The Balaban J connectivity index is 1.29. The van der Waals surface area contributed by atoms with E-state index in [1.165, 1.54) is 11.8 Å². The molecule has 2 fully saturated rings. The molecule has 3 aliphatic rings. The first-order valence-electron chi connectivity index (χ1n) is 17.1. The third kappa shape index (κ3) is 6.06. The number of methoxy groups -OCH3 is 2. The number of ether oxygens (including phenoxy) is 4. The van der Waals surface area contributed by atoms with Crippen molar-refractivity contribution in [2.45, 2.75) is 83.3 Å². The van der Waals surface area contributed by atoms with Crippen molar-refractivity contribution in [1.82, 2.24) is 19.7 Å². The number of rotatable bonds is 6. The average molecular weight is 698 g/mol. The minimum Gasteiger partial charge on any atom is -0.497 e. The summed E-state index contributed by atoms with van der Waals surface area (Å²) in [5.74, 6) is 1.65. The first kappa shape index (κ1) is 34.1. The fourth-order valence-corrected chi connectivity index (χ4v) is 6.97. The Morgan fingerprint density at radius 2 is 1.61 bits per heavy atom. The van der Waals surface area contributed by atoms with Crippen molar-refractivity contribution >= 4 is 52.3 Å². The maximum Gasteiger partial charge on any atom is 0.435 e. The Kier molecular flexibility index (Phi) is 8.10. The fraction of sp³-hybridized carbons (Fsp3) is 0.459. The lowest BCUT2D eigenvalue weighted by atomic mass is 9.91. The molecule has 1 saturated carbocycles. The van der Waals surface area contributed by atoms with Crippen molar-refractivity contribution in [2.75, 3.05) is 42.4 Å². The van der Waals surface area contributed by atoms with E-state index in [-0.39, 0.29) is 11.8 Å². The van der Waals surface area contributed by atoms with Crippen LogP contribution in [0, 0.1) is 0 Å². The lowest BCUT2D eigenvalue weighted by Gasteiger charge is -2.24. The molecule has 1 saturated heterocycles. The highest BCUT2D eigenvalue weighted by atomic mass is 16.6. The van der Waals surface area contributed by atoms with Crippen molar-refractivity contribution < 1.29 is 33.3 Å². The molecule has 268 valence electrons. The molecular weight excluding hydrogens is 654 g/mol. The summed E-state index contributed by atoms with van der Waals surface area (Å²) in [6.45, 7) is 12.4. The molecule has 0 radical (unpaired) electrons. The average Bonchev–Trinajstić information content (AvgIpc) is 3.30. The summed E-state index contributed by atoms with van der Waals surface area (Å²) in [5, 5.41) is 8.58. The van der Waals surface area contributed by atoms with E-state index in [4.69, 9.17) is 23.9 Å². The van der Waals surface area contributed by atoms with Gasteiger partial charge in [-0.2, -0.15) is 9.67 Å². The highest BCUT2D eigenvalue weighted by Crippen LogP contribution is 2.67. The smallest absolute Gasteiger partial charge is 0.435 e. The molecular formula is C37H43N7O7. The van der Waals surface area contributed by atoms with Crippen LogP contribution in [0.15, 0.2) is 42.6 Å². The van der Waals surface area contributed by atoms with E-state index in [2.05, 4.69) is 20.3 Å². The molecule has 14 heteroatoms. The van der Waals surface area contributed by atoms with E-state index in [9.17, 15) is 14.4 Å². The number of imide groups is 1. The van der Waals surface area contributed by atoms with Crippen molar-refractivity contribution in [3.8, 4) is 11.5 Å². The van der Waals surface area contributed by atoms with E-state index in [0.717, 1.165) is 36.4 Å². The minimum absolute atomic E-state index is 0.309. The molecule has 1 spiro atoms. The third-order valence-corrected chi connectivity index (χ3v) is 9.31. The second-order valence-corrected chi connectivity index (χ2v) is 15.2. The third-order valence-electron chi connectivity index (χ3n) is 9.31. The van der Waals surface area contributed by atoms with Crippen LogP contribution in [0.3, 0.4) is 0 Å². The van der Waals surface area contributed by atoms with Crippen LogP contribution in [0.4, 0.5) is 32.9 Å². The molecule has 14 nitrogen and oxygen atoms in total. The van der Waals surface area contributed by atoms with Crippen LogP contribution in [-0.4, -0.2) is 76.4 Å². The molecule has 2 aromatic heterocycles. The van der Waals surface area contributed by atoms with Crippen LogP contribution in [0.25, 0.3) is 10.9 Å². The largest absolute Gasteiger partial charge is 0.497 e. The molecule has 2 aromatic carbocycles. The highest BCUT2D eigenvalue weighted by molar-refractivity contribution is 6.23. The van der Waals surface area contributed by atoms with Crippen molar-refractivity contribution in [3.63, 3.8) is 0 Å². The number of hydrogen-bond donors (Lipinski definition) is 1. The summed E-state index contributed by atoms with van der Waals surface area (Å²) in [6.07, 6.45) is 2.80. The van der Waals surface area contributed by atoms with Crippen LogP contribution in [0.5, 0.6) is 11.5 Å². The zero-order chi connectivity index (χ0) is 36.5. The van der Waals surface area contributed by atoms with Gasteiger partial charge in [-0.25, -0.2) is 19.5 Å². The predicted octanol–water partition coefficient (Wildman–Crippen LogP) is 6.68. The van der Waals surface area contributed by atoms with Gasteiger partial charge in [-0.1, -0.05) is 6.07 Å². The molecule has 7 rings (SSSR count). The van der Waals surface area contributed by atoms with Gasteiger partial charge in [0, 0.05) is 24.4 Å². The summed E-state index contributed by atoms with van der Waals surface area (Å²) >= 11 is 0. The summed E-state index contributed by atoms with van der Waals surface area (Å²) in [5.41, 5.74) is -0.183.